The maximum atomic E-state index is 13.8. The summed E-state index contributed by atoms with van der Waals surface area (Å²) in [5.41, 5.74) is 1.18. The second-order valence-electron chi connectivity index (χ2n) is 6.39. The molecule has 0 aliphatic carbocycles. The van der Waals surface area contributed by atoms with E-state index in [-0.39, 0.29) is 18.0 Å². The van der Waals surface area contributed by atoms with Crippen LogP contribution in [0.3, 0.4) is 0 Å². The predicted octanol–water partition coefficient (Wildman–Crippen LogP) is 3.71. The molecule has 1 aromatic carbocycles. The van der Waals surface area contributed by atoms with Gasteiger partial charge in [-0.2, -0.15) is 0 Å². The van der Waals surface area contributed by atoms with Crippen molar-refractivity contribution in [3.8, 4) is 0 Å². The summed E-state index contributed by atoms with van der Waals surface area (Å²) in [6, 6.07) is 9.79. The van der Waals surface area contributed by atoms with Crippen LogP contribution in [0.1, 0.15) is 24.6 Å². The zero-order valence-corrected chi connectivity index (χ0v) is 14.8. The summed E-state index contributed by atoms with van der Waals surface area (Å²) in [5, 5.41) is 0.287. The summed E-state index contributed by atoms with van der Waals surface area (Å²) < 4.78 is 27.4. The van der Waals surface area contributed by atoms with E-state index in [4.69, 9.17) is 21.1 Å². The van der Waals surface area contributed by atoms with Crippen molar-refractivity contribution >= 4 is 22.8 Å². The number of ether oxygens (including phenoxy) is 2. The van der Waals surface area contributed by atoms with Crippen LogP contribution in [0.4, 0.5) is 4.39 Å². The number of hydrogen-bond donors (Lipinski definition) is 0. The van der Waals surface area contributed by atoms with Crippen LogP contribution in [0.5, 0.6) is 0 Å². The molecule has 1 fully saturated rings. The van der Waals surface area contributed by atoms with Crippen LogP contribution in [0.2, 0.25) is 5.15 Å². The Morgan fingerprint density at radius 1 is 1.27 bits per heavy atom. The standard InChI is InChI=1S/C18H18ClFN4O2/c19-16-15-17(22-11-21-16)24(12-23-15)14-6-7-18(9-20,26-14)10-25-8-13-4-2-1-3-5-13/h1-5,11-12,14H,6-10H2/t14?,18-/m1/s1. The SMILES string of the molecule is FC[C@@]1(COCc2ccccc2)CCC(n2cnc3c(Cl)ncnc32)O1. The van der Waals surface area contributed by atoms with Crippen molar-refractivity contribution in [3.05, 3.63) is 53.7 Å². The van der Waals surface area contributed by atoms with Crippen LogP contribution < -0.4 is 0 Å². The Balaban J connectivity index is 1.45. The maximum absolute atomic E-state index is 13.8. The van der Waals surface area contributed by atoms with E-state index in [9.17, 15) is 4.39 Å². The molecule has 0 amide bonds. The third-order valence-electron chi connectivity index (χ3n) is 4.58. The summed E-state index contributed by atoms with van der Waals surface area (Å²) >= 11 is 6.04. The van der Waals surface area contributed by atoms with E-state index in [2.05, 4.69) is 15.0 Å². The lowest BCUT2D eigenvalue weighted by atomic mass is 10.0. The molecule has 6 nitrogen and oxygen atoms in total. The smallest absolute Gasteiger partial charge is 0.166 e. The van der Waals surface area contributed by atoms with Crippen molar-refractivity contribution in [1.82, 2.24) is 19.5 Å². The summed E-state index contributed by atoms with van der Waals surface area (Å²) in [4.78, 5) is 12.4. The Morgan fingerprint density at radius 3 is 2.92 bits per heavy atom. The third kappa shape index (κ3) is 3.30. The fourth-order valence-corrected chi connectivity index (χ4v) is 3.37. The molecule has 0 bridgehead atoms. The van der Waals surface area contributed by atoms with Gasteiger partial charge in [-0.05, 0) is 18.4 Å². The first-order chi connectivity index (χ1) is 12.7. The summed E-state index contributed by atoms with van der Waals surface area (Å²) in [5.74, 6) is 0. The van der Waals surface area contributed by atoms with Gasteiger partial charge in [-0.25, -0.2) is 19.3 Å². The van der Waals surface area contributed by atoms with Gasteiger partial charge in [0.2, 0.25) is 0 Å². The molecule has 1 unspecified atom stereocenters. The predicted molar refractivity (Wildman–Crippen MR) is 94.5 cm³/mol. The Bertz CT molecular complexity index is 891. The molecule has 1 saturated heterocycles. The van der Waals surface area contributed by atoms with Crippen LogP contribution in [0, 0.1) is 0 Å². The summed E-state index contributed by atoms with van der Waals surface area (Å²) in [6.45, 7) is 0.00534. The second kappa shape index (κ2) is 7.26. The van der Waals surface area contributed by atoms with E-state index in [0.29, 0.717) is 30.6 Å². The van der Waals surface area contributed by atoms with Crippen molar-refractivity contribution in [1.29, 1.82) is 0 Å². The molecule has 3 heterocycles. The van der Waals surface area contributed by atoms with Crippen LogP contribution >= 0.6 is 11.6 Å². The Kier molecular flexibility index (Phi) is 4.84. The average molecular weight is 377 g/mol. The number of fused-ring (bicyclic) bond motifs is 1. The quantitative estimate of drug-likeness (QED) is 0.614. The lowest BCUT2D eigenvalue weighted by Crippen LogP contribution is -2.37. The van der Waals surface area contributed by atoms with Gasteiger partial charge in [-0.15, -0.1) is 0 Å². The fourth-order valence-electron chi connectivity index (χ4n) is 3.20. The molecular weight excluding hydrogens is 359 g/mol. The monoisotopic (exact) mass is 376 g/mol. The van der Waals surface area contributed by atoms with E-state index in [1.807, 2.05) is 30.3 Å². The molecule has 2 aromatic heterocycles. The van der Waals surface area contributed by atoms with Gasteiger partial charge < -0.3 is 9.47 Å². The molecule has 26 heavy (non-hydrogen) atoms. The van der Waals surface area contributed by atoms with E-state index in [0.717, 1.165) is 5.56 Å². The number of halogens is 2. The highest BCUT2D eigenvalue weighted by Gasteiger charge is 2.42. The Morgan fingerprint density at radius 2 is 2.12 bits per heavy atom. The van der Waals surface area contributed by atoms with Gasteiger partial charge in [0.05, 0.1) is 19.5 Å². The number of benzene rings is 1. The molecule has 4 rings (SSSR count). The van der Waals surface area contributed by atoms with E-state index < -0.39 is 12.3 Å². The molecule has 0 spiro atoms. The molecule has 0 N–H and O–H groups in total. The highest BCUT2D eigenvalue weighted by Crippen LogP contribution is 2.38. The lowest BCUT2D eigenvalue weighted by Gasteiger charge is -2.26. The molecule has 2 atom stereocenters. The molecule has 0 radical (unpaired) electrons. The average Bonchev–Trinajstić information content (AvgIpc) is 3.28. The van der Waals surface area contributed by atoms with Crippen LogP contribution in [0.25, 0.3) is 11.2 Å². The number of nitrogens with zero attached hydrogens (tertiary/aromatic N) is 4. The van der Waals surface area contributed by atoms with Crippen LogP contribution in [-0.4, -0.2) is 38.4 Å². The minimum atomic E-state index is -0.952. The van der Waals surface area contributed by atoms with Gasteiger partial charge in [-0.1, -0.05) is 41.9 Å². The number of rotatable bonds is 6. The molecule has 3 aromatic rings. The van der Waals surface area contributed by atoms with Crippen molar-refractivity contribution in [2.75, 3.05) is 13.3 Å². The fraction of sp³-hybridized carbons (Fsp3) is 0.389. The highest BCUT2D eigenvalue weighted by atomic mass is 35.5. The van der Waals surface area contributed by atoms with Crippen LogP contribution in [0.15, 0.2) is 43.0 Å². The normalized spacial score (nSPS) is 22.9. The van der Waals surface area contributed by atoms with E-state index in [1.54, 1.807) is 10.9 Å². The largest absolute Gasteiger partial charge is 0.374 e. The first-order valence-electron chi connectivity index (χ1n) is 8.39. The van der Waals surface area contributed by atoms with Gasteiger partial charge in [0.1, 0.15) is 30.3 Å². The molecule has 1 aliphatic rings. The van der Waals surface area contributed by atoms with Gasteiger partial charge in [0.25, 0.3) is 0 Å². The summed E-state index contributed by atoms with van der Waals surface area (Å²) in [6.07, 6.45) is 3.83. The van der Waals surface area contributed by atoms with Gasteiger partial charge >= 0.3 is 0 Å². The molecule has 136 valence electrons. The lowest BCUT2D eigenvalue weighted by molar-refractivity contribution is -0.123. The van der Waals surface area contributed by atoms with Crippen molar-refractivity contribution in [2.24, 2.45) is 0 Å². The van der Waals surface area contributed by atoms with Gasteiger partial charge in [0, 0.05) is 0 Å². The van der Waals surface area contributed by atoms with Crippen molar-refractivity contribution in [2.45, 2.75) is 31.3 Å². The van der Waals surface area contributed by atoms with Gasteiger partial charge in [0.15, 0.2) is 10.8 Å². The summed E-state index contributed by atoms with van der Waals surface area (Å²) in [7, 11) is 0. The zero-order chi connectivity index (χ0) is 18.0. The Hall–Kier alpha value is -2.09. The molecular formula is C18H18ClFN4O2. The van der Waals surface area contributed by atoms with Gasteiger partial charge in [-0.3, -0.25) is 4.57 Å². The number of alkyl halides is 1. The highest BCUT2D eigenvalue weighted by molar-refractivity contribution is 6.33. The zero-order valence-electron chi connectivity index (χ0n) is 14.0. The number of hydrogen-bond acceptors (Lipinski definition) is 5. The minimum absolute atomic E-state index is 0.192. The van der Waals surface area contributed by atoms with Crippen molar-refractivity contribution in [3.63, 3.8) is 0 Å². The molecule has 1 aliphatic heterocycles. The minimum Gasteiger partial charge on any atom is -0.374 e. The second-order valence-corrected chi connectivity index (χ2v) is 6.75. The molecule has 8 heteroatoms. The van der Waals surface area contributed by atoms with Crippen molar-refractivity contribution < 1.29 is 13.9 Å². The van der Waals surface area contributed by atoms with E-state index in [1.165, 1.54) is 6.33 Å². The maximum Gasteiger partial charge on any atom is 0.166 e. The third-order valence-corrected chi connectivity index (χ3v) is 4.85. The first kappa shape index (κ1) is 17.3. The number of aromatic nitrogens is 4. The Labute approximate surface area is 154 Å². The first-order valence-corrected chi connectivity index (χ1v) is 8.77. The van der Waals surface area contributed by atoms with Crippen LogP contribution in [-0.2, 0) is 16.1 Å². The molecule has 0 saturated carbocycles. The topological polar surface area (TPSA) is 62.1 Å². The number of imidazole rings is 1. The van der Waals surface area contributed by atoms with E-state index >= 15 is 0 Å².